The third kappa shape index (κ3) is 3.29. The molecule has 0 unspecified atom stereocenters. The van der Waals surface area contributed by atoms with E-state index in [-0.39, 0.29) is 17.4 Å². The van der Waals surface area contributed by atoms with Crippen LogP contribution in [0.4, 0.5) is 0 Å². The van der Waals surface area contributed by atoms with Gasteiger partial charge in [0.1, 0.15) is 0 Å². The van der Waals surface area contributed by atoms with Gasteiger partial charge in [0.05, 0.1) is 11.8 Å². The molecule has 0 aliphatic carbocycles. The highest BCUT2D eigenvalue weighted by Crippen LogP contribution is 2.24. The van der Waals surface area contributed by atoms with E-state index in [1.54, 1.807) is 12.1 Å². The number of carbonyl (C=O) groups excluding carboxylic acids is 1. The lowest BCUT2D eigenvalue weighted by atomic mass is 10.1. The number of rotatable bonds is 4. The van der Waals surface area contributed by atoms with Crippen molar-refractivity contribution in [3.05, 3.63) is 46.3 Å². The van der Waals surface area contributed by atoms with E-state index >= 15 is 0 Å². The van der Waals surface area contributed by atoms with Gasteiger partial charge in [0.2, 0.25) is 0 Å². The number of halogens is 1. The molecule has 0 aliphatic rings. The molecule has 5 nitrogen and oxygen atoms in total. The summed E-state index contributed by atoms with van der Waals surface area (Å²) in [6, 6.07) is 6.15. The number of nitrogens with one attached hydrogen (secondary N) is 1. The molecule has 0 radical (unpaired) electrons. The Kier molecular flexibility index (Phi) is 4.11. The monoisotopic (exact) mass is 325 g/mol. The van der Waals surface area contributed by atoms with Gasteiger partial charge >= 0.3 is 0 Å². The van der Waals surface area contributed by atoms with Gasteiger partial charge in [-0.2, -0.15) is 0 Å². The quantitative estimate of drug-likeness (QED) is 0.754. The minimum atomic E-state index is -0.233. The summed E-state index contributed by atoms with van der Waals surface area (Å²) in [6.45, 7) is 0.417. The van der Waals surface area contributed by atoms with Crippen molar-refractivity contribution in [2.75, 3.05) is 6.54 Å². The van der Waals surface area contributed by atoms with E-state index in [0.717, 1.165) is 5.56 Å². The van der Waals surface area contributed by atoms with Gasteiger partial charge in [0, 0.05) is 6.54 Å². The lowest BCUT2D eigenvalue weighted by molar-refractivity contribution is 0.0952. The first-order chi connectivity index (χ1) is 9.08. The molecule has 0 atom stereocenters. The molecule has 0 saturated carbocycles. The molecule has 19 heavy (non-hydrogen) atoms. The zero-order valence-corrected chi connectivity index (χ0v) is 11.5. The Morgan fingerprint density at radius 3 is 2.68 bits per heavy atom. The summed E-state index contributed by atoms with van der Waals surface area (Å²) < 4.78 is 5.37. The summed E-state index contributed by atoms with van der Waals surface area (Å²) in [4.78, 5) is 11.7. The largest absolute Gasteiger partial charge is 0.504 e. The van der Waals surface area contributed by atoms with Gasteiger partial charge < -0.3 is 19.9 Å². The first-order valence-corrected chi connectivity index (χ1v) is 6.39. The van der Waals surface area contributed by atoms with Crippen molar-refractivity contribution in [1.29, 1.82) is 0 Å². The first kappa shape index (κ1) is 13.5. The van der Waals surface area contributed by atoms with Gasteiger partial charge in [-0.25, -0.2) is 0 Å². The molecule has 0 bridgehead atoms. The second kappa shape index (κ2) is 5.79. The van der Waals surface area contributed by atoms with Crippen LogP contribution in [0.1, 0.15) is 15.9 Å². The van der Waals surface area contributed by atoms with E-state index in [1.807, 2.05) is 0 Å². The molecule has 0 spiro atoms. The van der Waals surface area contributed by atoms with Gasteiger partial charge in [-0.3, -0.25) is 4.79 Å². The van der Waals surface area contributed by atoms with Crippen molar-refractivity contribution >= 4 is 21.8 Å². The van der Waals surface area contributed by atoms with Crippen molar-refractivity contribution in [3.8, 4) is 11.5 Å². The molecule has 0 saturated heterocycles. The fourth-order valence-electron chi connectivity index (χ4n) is 1.60. The number of carbonyl (C=O) groups is 1. The predicted molar refractivity (Wildman–Crippen MR) is 72.2 cm³/mol. The molecule has 2 rings (SSSR count). The number of aromatic hydroxyl groups is 2. The van der Waals surface area contributed by atoms with Gasteiger partial charge in [-0.15, -0.1) is 0 Å². The highest BCUT2D eigenvalue weighted by atomic mass is 79.9. The molecular weight excluding hydrogens is 314 g/mol. The molecule has 2 aromatic rings. The summed E-state index contributed by atoms with van der Waals surface area (Å²) in [5.74, 6) is -0.555. The number of hydrogen-bond acceptors (Lipinski definition) is 4. The average Bonchev–Trinajstić information content (AvgIpc) is 2.80. The maximum absolute atomic E-state index is 11.7. The molecule has 1 amide bonds. The van der Waals surface area contributed by atoms with E-state index in [4.69, 9.17) is 4.42 Å². The predicted octanol–water partition coefficient (Wildman–Crippen LogP) is 2.43. The highest BCUT2D eigenvalue weighted by molar-refractivity contribution is 9.10. The smallest absolute Gasteiger partial charge is 0.255 e. The molecular formula is C13H12BrNO4. The summed E-state index contributed by atoms with van der Waals surface area (Å²) in [7, 11) is 0. The number of hydrogen-bond donors (Lipinski definition) is 3. The normalized spacial score (nSPS) is 10.4. The summed E-state index contributed by atoms with van der Waals surface area (Å²) in [5.41, 5.74) is 1.26. The second-order valence-electron chi connectivity index (χ2n) is 3.94. The van der Waals surface area contributed by atoms with Crippen molar-refractivity contribution in [2.24, 2.45) is 0 Å². The van der Waals surface area contributed by atoms with E-state index in [0.29, 0.717) is 23.2 Å². The molecule has 3 N–H and O–H groups in total. The lowest BCUT2D eigenvalue weighted by Gasteiger charge is -2.05. The van der Waals surface area contributed by atoms with E-state index in [9.17, 15) is 15.0 Å². The van der Waals surface area contributed by atoms with Gasteiger partial charge in [0.25, 0.3) is 5.91 Å². The fraction of sp³-hybridized carbons (Fsp3) is 0.154. The standard InChI is InChI=1S/C13H12BrNO4/c14-12-9(4-6-19-12)13(18)15-5-3-8-1-2-10(16)11(17)7-8/h1-2,4,6-7,16-17H,3,5H2,(H,15,18). The van der Waals surface area contributed by atoms with Crippen LogP contribution >= 0.6 is 15.9 Å². The van der Waals surface area contributed by atoms with Crippen molar-refractivity contribution < 1.29 is 19.4 Å². The number of benzene rings is 1. The Bertz CT molecular complexity index is 594. The number of phenolic OH excluding ortho intramolecular Hbond substituents is 2. The van der Waals surface area contributed by atoms with Crippen LogP contribution in [0.3, 0.4) is 0 Å². The number of amides is 1. The van der Waals surface area contributed by atoms with Crippen LogP contribution in [0.5, 0.6) is 11.5 Å². The van der Waals surface area contributed by atoms with Crippen LogP contribution in [0, 0.1) is 0 Å². The molecule has 6 heteroatoms. The van der Waals surface area contributed by atoms with Crippen LogP contribution in [0.2, 0.25) is 0 Å². The van der Waals surface area contributed by atoms with Crippen LogP contribution in [-0.2, 0) is 6.42 Å². The zero-order chi connectivity index (χ0) is 13.8. The Hall–Kier alpha value is -1.95. The third-order valence-electron chi connectivity index (χ3n) is 2.60. The Balaban J connectivity index is 1.88. The van der Waals surface area contributed by atoms with Crippen LogP contribution in [0.15, 0.2) is 39.6 Å². The third-order valence-corrected chi connectivity index (χ3v) is 3.22. The van der Waals surface area contributed by atoms with Gasteiger partial charge in [-0.05, 0) is 46.1 Å². The van der Waals surface area contributed by atoms with E-state index in [1.165, 1.54) is 18.4 Å². The summed E-state index contributed by atoms with van der Waals surface area (Å²) in [6.07, 6.45) is 1.98. The van der Waals surface area contributed by atoms with Crippen LogP contribution in [0.25, 0.3) is 0 Å². The first-order valence-electron chi connectivity index (χ1n) is 5.60. The zero-order valence-electron chi connectivity index (χ0n) is 9.89. The van der Waals surface area contributed by atoms with Crippen molar-refractivity contribution in [1.82, 2.24) is 5.32 Å². The Labute approximate surface area is 118 Å². The number of furan rings is 1. The van der Waals surface area contributed by atoms with E-state index < -0.39 is 0 Å². The Morgan fingerprint density at radius 2 is 2.05 bits per heavy atom. The van der Waals surface area contributed by atoms with Gasteiger partial charge in [0.15, 0.2) is 16.2 Å². The minimum Gasteiger partial charge on any atom is -0.504 e. The summed E-state index contributed by atoms with van der Waals surface area (Å²) >= 11 is 3.13. The average molecular weight is 326 g/mol. The van der Waals surface area contributed by atoms with E-state index in [2.05, 4.69) is 21.2 Å². The molecule has 1 aromatic carbocycles. The second-order valence-corrected chi connectivity index (χ2v) is 4.66. The van der Waals surface area contributed by atoms with Crippen molar-refractivity contribution in [3.63, 3.8) is 0 Å². The topological polar surface area (TPSA) is 82.7 Å². The highest BCUT2D eigenvalue weighted by Gasteiger charge is 2.11. The van der Waals surface area contributed by atoms with Crippen LogP contribution < -0.4 is 5.32 Å². The molecule has 100 valence electrons. The maximum atomic E-state index is 11.7. The van der Waals surface area contributed by atoms with Crippen LogP contribution in [-0.4, -0.2) is 22.7 Å². The van der Waals surface area contributed by atoms with Crippen molar-refractivity contribution in [2.45, 2.75) is 6.42 Å². The Morgan fingerprint density at radius 1 is 1.26 bits per heavy atom. The van der Waals surface area contributed by atoms with Gasteiger partial charge in [-0.1, -0.05) is 6.07 Å². The minimum absolute atomic E-state index is 0.157. The summed E-state index contributed by atoms with van der Waals surface area (Å²) in [5, 5.41) is 21.3. The lowest BCUT2D eigenvalue weighted by Crippen LogP contribution is -2.25. The SMILES string of the molecule is O=C(NCCc1ccc(O)c(O)c1)c1ccoc1Br. The molecule has 1 aromatic heterocycles. The molecule has 1 heterocycles. The molecule has 0 aliphatic heterocycles. The number of phenols is 2. The molecule has 0 fully saturated rings. The maximum Gasteiger partial charge on any atom is 0.255 e. The fourth-order valence-corrected chi connectivity index (χ4v) is 2.02.